The van der Waals surface area contributed by atoms with Crippen LogP contribution < -0.4 is 5.32 Å². The zero-order valence-electron chi connectivity index (χ0n) is 17.6. The third-order valence-corrected chi connectivity index (χ3v) is 8.74. The van der Waals surface area contributed by atoms with Gasteiger partial charge in [0.15, 0.2) is 0 Å². The number of amides is 1. The summed E-state index contributed by atoms with van der Waals surface area (Å²) in [6, 6.07) is 5.90. The van der Waals surface area contributed by atoms with Gasteiger partial charge in [0.2, 0.25) is 10.0 Å². The Bertz CT molecular complexity index is 858. The minimum Gasteiger partial charge on any atom is -0.349 e. The Balaban J connectivity index is 1.47. The Morgan fingerprint density at radius 1 is 1.03 bits per heavy atom. The normalized spacial score (nSPS) is 25.1. The molecule has 1 saturated carbocycles. The van der Waals surface area contributed by atoms with Gasteiger partial charge in [-0.3, -0.25) is 4.79 Å². The molecule has 4 rings (SSSR count). The first kappa shape index (κ1) is 20.8. The zero-order valence-corrected chi connectivity index (χ0v) is 18.4. The van der Waals surface area contributed by atoms with E-state index in [1.165, 1.54) is 12.8 Å². The van der Waals surface area contributed by atoms with Crippen molar-refractivity contribution in [2.24, 2.45) is 0 Å². The van der Waals surface area contributed by atoms with Crippen LogP contribution in [0.1, 0.15) is 67.8 Å². The summed E-state index contributed by atoms with van der Waals surface area (Å²) in [5.41, 5.74) is 1.28. The molecule has 1 aromatic carbocycles. The Labute approximate surface area is 174 Å². The van der Waals surface area contributed by atoms with Crippen molar-refractivity contribution in [3.8, 4) is 0 Å². The topological polar surface area (TPSA) is 69.7 Å². The number of hydrogen-bond donors (Lipinski definition) is 1. The number of rotatable bonds is 5. The highest BCUT2D eigenvalue weighted by molar-refractivity contribution is 7.89. The van der Waals surface area contributed by atoms with Crippen LogP contribution in [0.15, 0.2) is 23.1 Å². The van der Waals surface area contributed by atoms with Gasteiger partial charge >= 0.3 is 0 Å². The number of aryl methyl sites for hydroxylation is 1. The first-order chi connectivity index (χ1) is 13.9. The lowest BCUT2D eigenvalue weighted by Gasteiger charge is -2.33. The number of likely N-dealkylation sites (tertiary alicyclic amines) is 1. The maximum Gasteiger partial charge on any atom is 0.251 e. The van der Waals surface area contributed by atoms with E-state index in [1.54, 1.807) is 22.5 Å². The second-order valence-corrected chi connectivity index (χ2v) is 10.8. The molecule has 160 valence electrons. The molecule has 2 heterocycles. The van der Waals surface area contributed by atoms with E-state index < -0.39 is 10.0 Å². The van der Waals surface area contributed by atoms with Crippen LogP contribution in [-0.2, 0) is 10.0 Å². The van der Waals surface area contributed by atoms with E-state index >= 15 is 0 Å². The molecule has 29 heavy (non-hydrogen) atoms. The smallest absolute Gasteiger partial charge is 0.251 e. The molecule has 0 unspecified atom stereocenters. The fourth-order valence-corrected chi connectivity index (χ4v) is 6.41. The molecule has 0 bridgehead atoms. The largest absolute Gasteiger partial charge is 0.349 e. The van der Waals surface area contributed by atoms with Crippen molar-refractivity contribution in [2.45, 2.75) is 81.8 Å². The first-order valence-electron chi connectivity index (χ1n) is 11.0. The lowest BCUT2D eigenvalue weighted by atomic mass is 10.0. The minimum atomic E-state index is -3.58. The second kappa shape index (κ2) is 8.36. The van der Waals surface area contributed by atoms with E-state index in [-0.39, 0.29) is 22.9 Å². The van der Waals surface area contributed by atoms with Crippen molar-refractivity contribution in [1.82, 2.24) is 14.5 Å². The predicted molar refractivity (Wildman–Crippen MR) is 113 cm³/mol. The molecule has 6 nitrogen and oxygen atoms in total. The van der Waals surface area contributed by atoms with Gasteiger partial charge in [-0.25, -0.2) is 8.42 Å². The molecule has 0 radical (unpaired) electrons. The van der Waals surface area contributed by atoms with Gasteiger partial charge in [-0.15, -0.1) is 0 Å². The van der Waals surface area contributed by atoms with Crippen LogP contribution in [-0.4, -0.2) is 61.3 Å². The molecule has 2 aliphatic heterocycles. The fraction of sp³-hybridized carbons (Fsp3) is 0.682. The summed E-state index contributed by atoms with van der Waals surface area (Å²) in [6.45, 7) is 6.46. The highest BCUT2D eigenvalue weighted by atomic mass is 32.2. The molecule has 3 fully saturated rings. The van der Waals surface area contributed by atoms with E-state index in [9.17, 15) is 13.2 Å². The van der Waals surface area contributed by atoms with Crippen LogP contribution in [0, 0.1) is 6.92 Å². The van der Waals surface area contributed by atoms with Gasteiger partial charge in [0.05, 0.1) is 4.90 Å². The lowest BCUT2D eigenvalue weighted by Crippen LogP contribution is -2.45. The Kier molecular flexibility index (Phi) is 6.00. The zero-order chi connectivity index (χ0) is 20.6. The molecular weight excluding hydrogens is 386 g/mol. The fourth-order valence-electron chi connectivity index (χ4n) is 4.68. The summed E-state index contributed by atoms with van der Waals surface area (Å²) < 4.78 is 27.9. The quantitative estimate of drug-likeness (QED) is 0.797. The van der Waals surface area contributed by atoms with E-state index in [1.807, 2.05) is 13.8 Å². The van der Waals surface area contributed by atoms with Crippen LogP contribution in [0.25, 0.3) is 0 Å². The van der Waals surface area contributed by atoms with E-state index in [0.717, 1.165) is 56.8 Å². The van der Waals surface area contributed by atoms with Crippen molar-refractivity contribution in [3.63, 3.8) is 0 Å². The molecule has 0 spiro atoms. The molecule has 7 heteroatoms. The number of piperidine rings is 2. The minimum absolute atomic E-state index is 0.00369. The maximum absolute atomic E-state index is 13.2. The third kappa shape index (κ3) is 4.52. The summed E-state index contributed by atoms with van der Waals surface area (Å²) >= 11 is 0. The summed E-state index contributed by atoms with van der Waals surface area (Å²) in [4.78, 5) is 15.7. The number of nitrogens with one attached hydrogen (secondary N) is 1. The molecule has 1 N–H and O–H groups in total. The summed E-state index contributed by atoms with van der Waals surface area (Å²) in [6.07, 6.45) is 7.39. The van der Waals surface area contributed by atoms with E-state index in [4.69, 9.17) is 0 Å². The van der Waals surface area contributed by atoms with Gasteiger partial charge in [0.25, 0.3) is 5.91 Å². The van der Waals surface area contributed by atoms with Crippen molar-refractivity contribution >= 4 is 15.9 Å². The van der Waals surface area contributed by atoms with Gasteiger partial charge in [-0.2, -0.15) is 4.31 Å². The van der Waals surface area contributed by atoms with Gasteiger partial charge in [0, 0.05) is 43.3 Å². The first-order valence-corrected chi connectivity index (χ1v) is 12.5. The molecular formula is C22H33N3O3S. The molecule has 3 aliphatic rings. The number of benzene rings is 1. The molecule has 0 aromatic heterocycles. The van der Waals surface area contributed by atoms with Crippen LogP contribution in [0.5, 0.6) is 0 Å². The van der Waals surface area contributed by atoms with Gasteiger partial charge in [-0.05, 0) is 70.1 Å². The Morgan fingerprint density at radius 2 is 1.76 bits per heavy atom. The molecule has 1 amide bonds. The predicted octanol–water partition coefficient (Wildman–Crippen LogP) is 2.91. The highest BCUT2D eigenvalue weighted by Gasteiger charge is 2.33. The van der Waals surface area contributed by atoms with Gasteiger partial charge < -0.3 is 10.2 Å². The van der Waals surface area contributed by atoms with E-state index in [0.29, 0.717) is 12.1 Å². The van der Waals surface area contributed by atoms with Crippen molar-refractivity contribution in [2.75, 3.05) is 19.6 Å². The number of carbonyl (C=O) groups is 1. The summed E-state index contributed by atoms with van der Waals surface area (Å²) in [5.74, 6) is -0.156. The van der Waals surface area contributed by atoms with Crippen molar-refractivity contribution in [1.29, 1.82) is 0 Å². The van der Waals surface area contributed by atoms with Crippen LogP contribution in [0.2, 0.25) is 0 Å². The number of carbonyl (C=O) groups excluding carboxylic acids is 1. The van der Waals surface area contributed by atoms with Crippen LogP contribution in [0.4, 0.5) is 0 Å². The lowest BCUT2D eigenvalue weighted by molar-refractivity contribution is 0.0908. The average molecular weight is 420 g/mol. The Morgan fingerprint density at radius 3 is 2.41 bits per heavy atom. The summed E-state index contributed by atoms with van der Waals surface area (Å²) in [5, 5.41) is 3.15. The molecule has 1 atom stereocenters. The standard InChI is InChI=1S/C22H33N3O3S/c1-16-6-9-20(29(27,28)25-12-4-3-5-17(25)2)15-21(16)22(26)23-18-10-13-24(14-11-18)19-7-8-19/h6,9,15,17-19H,3-5,7-8,10-14H2,1-2H3,(H,23,26)/t17-/m0/s1. The summed E-state index contributed by atoms with van der Waals surface area (Å²) in [7, 11) is -3.58. The molecule has 1 aliphatic carbocycles. The number of nitrogens with zero attached hydrogens (tertiary/aromatic N) is 2. The molecule has 1 aromatic rings. The number of hydrogen-bond acceptors (Lipinski definition) is 4. The number of sulfonamides is 1. The van der Waals surface area contributed by atoms with Crippen LogP contribution in [0.3, 0.4) is 0 Å². The average Bonchev–Trinajstić information content (AvgIpc) is 3.54. The maximum atomic E-state index is 13.2. The third-order valence-electron chi connectivity index (χ3n) is 6.73. The van der Waals surface area contributed by atoms with Crippen LogP contribution >= 0.6 is 0 Å². The monoisotopic (exact) mass is 419 g/mol. The van der Waals surface area contributed by atoms with Gasteiger partial charge in [0.1, 0.15) is 0 Å². The SMILES string of the molecule is Cc1ccc(S(=O)(=O)N2CCCC[C@@H]2C)cc1C(=O)NC1CCN(C2CC2)CC1. The second-order valence-electron chi connectivity index (χ2n) is 8.95. The van der Waals surface area contributed by atoms with Crippen molar-refractivity contribution in [3.05, 3.63) is 29.3 Å². The van der Waals surface area contributed by atoms with E-state index in [2.05, 4.69) is 10.2 Å². The van der Waals surface area contributed by atoms with Crippen molar-refractivity contribution < 1.29 is 13.2 Å². The molecule has 2 saturated heterocycles. The Hall–Kier alpha value is -1.44. The van der Waals surface area contributed by atoms with Gasteiger partial charge in [-0.1, -0.05) is 12.5 Å². The highest BCUT2D eigenvalue weighted by Crippen LogP contribution is 2.30.